The second kappa shape index (κ2) is 6.44. The van der Waals surface area contributed by atoms with E-state index in [9.17, 15) is 10.1 Å². The number of nitrogens with zero attached hydrogens (tertiary/aromatic N) is 5. The van der Waals surface area contributed by atoms with E-state index < -0.39 is 4.92 Å². The number of nitro groups is 1. The van der Waals surface area contributed by atoms with Crippen molar-refractivity contribution in [2.75, 3.05) is 5.32 Å². The molecule has 0 atom stereocenters. The Kier molecular flexibility index (Phi) is 4.20. The van der Waals surface area contributed by atoms with Crippen LogP contribution in [0.3, 0.4) is 0 Å². The molecule has 2 heterocycles. The van der Waals surface area contributed by atoms with Gasteiger partial charge in [-0.3, -0.25) is 5.10 Å². The third-order valence-electron chi connectivity index (χ3n) is 3.05. The molecule has 3 aromatic rings. The second-order valence-corrected chi connectivity index (χ2v) is 5.15. The lowest BCUT2D eigenvalue weighted by Crippen LogP contribution is -2.00. The summed E-state index contributed by atoms with van der Waals surface area (Å²) in [4.78, 5) is 18.0. The number of imidazole rings is 1. The minimum atomic E-state index is -0.529. The molecule has 0 aliphatic heterocycles. The van der Waals surface area contributed by atoms with E-state index >= 15 is 0 Å². The Balaban J connectivity index is 1.58. The molecule has 0 saturated heterocycles. The van der Waals surface area contributed by atoms with Gasteiger partial charge in [0.1, 0.15) is 12.0 Å². The van der Waals surface area contributed by atoms with Gasteiger partial charge in [0, 0.05) is 23.7 Å². The molecular weight excluding hydrogens is 322 g/mol. The maximum Gasteiger partial charge on any atom is 0.381 e. The largest absolute Gasteiger partial charge is 0.381 e. The van der Waals surface area contributed by atoms with Crippen LogP contribution < -0.4 is 5.32 Å². The van der Waals surface area contributed by atoms with Crippen LogP contribution in [0.2, 0.25) is 5.02 Å². The summed E-state index contributed by atoms with van der Waals surface area (Å²) in [5, 5.41) is 21.2. The van der Waals surface area contributed by atoms with Gasteiger partial charge >= 0.3 is 5.82 Å². The average molecular weight is 334 g/mol. The smallest absolute Gasteiger partial charge is 0.358 e. The van der Waals surface area contributed by atoms with E-state index in [-0.39, 0.29) is 5.82 Å². The molecule has 0 spiro atoms. The summed E-state index contributed by atoms with van der Waals surface area (Å²) in [5.41, 5.74) is 0.824. The van der Waals surface area contributed by atoms with E-state index in [0.717, 1.165) is 5.69 Å². The van der Waals surface area contributed by atoms with Crippen LogP contribution in [0, 0.1) is 10.1 Å². The molecule has 2 aromatic heterocycles. The van der Waals surface area contributed by atoms with Crippen molar-refractivity contribution in [1.82, 2.24) is 24.7 Å². The highest BCUT2D eigenvalue weighted by atomic mass is 35.5. The van der Waals surface area contributed by atoms with Crippen molar-refractivity contribution in [3.05, 3.63) is 57.8 Å². The first-order valence-corrected chi connectivity index (χ1v) is 7.08. The molecule has 0 fully saturated rings. The van der Waals surface area contributed by atoms with Crippen LogP contribution in [-0.4, -0.2) is 29.7 Å². The Hall–Kier alpha value is -2.94. The molecule has 0 amide bonds. The van der Waals surface area contributed by atoms with Gasteiger partial charge < -0.3 is 20.0 Å². The zero-order valence-electron chi connectivity index (χ0n) is 11.8. The monoisotopic (exact) mass is 333 g/mol. The van der Waals surface area contributed by atoms with E-state index in [1.54, 1.807) is 16.7 Å². The Labute approximate surface area is 135 Å². The molecule has 9 nitrogen and oxygen atoms in total. The third-order valence-corrected chi connectivity index (χ3v) is 3.30. The van der Waals surface area contributed by atoms with Crippen molar-refractivity contribution in [3.8, 4) is 0 Å². The molecule has 3 rings (SSSR count). The summed E-state index contributed by atoms with van der Waals surface area (Å²) in [6.07, 6.45) is 3.34. The van der Waals surface area contributed by atoms with Gasteiger partial charge in [-0.25, -0.2) is 0 Å². The third kappa shape index (κ3) is 3.83. The first kappa shape index (κ1) is 15.0. The van der Waals surface area contributed by atoms with E-state index in [1.807, 2.05) is 12.1 Å². The highest BCUT2D eigenvalue weighted by Gasteiger charge is 2.10. The predicted octanol–water partition coefficient (Wildman–Crippen LogP) is 2.55. The Morgan fingerprint density at radius 3 is 2.83 bits per heavy atom. The van der Waals surface area contributed by atoms with Crippen molar-refractivity contribution in [2.45, 2.75) is 13.0 Å². The maximum atomic E-state index is 10.6. The summed E-state index contributed by atoms with van der Waals surface area (Å²) in [6, 6.07) is 7.18. The fraction of sp³-hybridized carbons (Fsp3) is 0.154. The van der Waals surface area contributed by atoms with Gasteiger partial charge in [0.25, 0.3) is 0 Å². The SMILES string of the molecule is O=[N+]([O-])c1cn(CCc2nc(Nc3ccc(Cl)cc3)n[nH]2)cn1. The minimum Gasteiger partial charge on any atom is -0.358 e. The number of aromatic nitrogens is 5. The molecule has 0 bridgehead atoms. The van der Waals surface area contributed by atoms with Gasteiger partial charge in [-0.05, 0) is 34.2 Å². The minimum absolute atomic E-state index is 0.173. The Bertz CT molecular complexity index is 812. The highest BCUT2D eigenvalue weighted by Crippen LogP contribution is 2.16. The van der Waals surface area contributed by atoms with Gasteiger partial charge in [-0.2, -0.15) is 4.98 Å². The molecule has 0 saturated carbocycles. The molecule has 0 unspecified atom stereocenters. The van der Waals surface area contributed by atoms with Crippen molar-refractivity contribution in [2.24, 2.45) is 0 Å². The van der Waals surface area contributed by atoms with E-state index in [0.29, 0.717) is 29.8 Å². The van der Waals surface area contributed by atoms with E-state index in [1.165, 1.54) is 12.5 Å². The molecular formula is C13H12ClN7O2. The fourth-order valence-corrected chi connectivity index (χ4v) is 2.05. The van der Waals surface area contributed by atoms with Crippen LogP contribution in [0.15, 0.2) is 36.8 Å². The van der Waals surface area contributed by atoms with Crippen LogP contribution in [0.25, 0.3) is 0 Å². The van der Waals surface area contributed by atoms with Crippen molar-refractivity contribution < 1.29 is 4.92 Å². The number of halogens is 1. The standard InChI is InChI=1S/C13H12ClN7O2/c14-9-1-3-10(4-2-9)16-13-17-11(18-19-13)5-6-20-7-12(15-8-20)21(22)23/h1-4,7-8H,5-6H2,(H2,16,17,18,19). The number of rotatable bonds is 6. The van der Waals surface area contributed by atoms with Crippen LogP contribution in [-0.2, 0) is 13.0 Å². The first-order chi connectivity index (χ1) is 11.1. The molecule has 0 aliphatic carbocycles. The number of benzene rings is 1. The molecule has 23 heavy (non-hydrogen) atoms. The van der Waals surface area contributed by atoms with E-state index in [4.69, 9.17) is 11.6 Å². The van der Waals surface area contributed by atoms with Crippen LogP contribution >= 0.6 is 11.6 Å². The van der Waals surface area contributed by atoms with Crippen molar-refractivity contribution in [1.29, 1.82) is 0 Å². The van der Waals surface area contributed by atoms with Gasteiger partial charge in [-0.1, -0.05) is 11.6 Å². The topological polar surface area (TPSA) is 115 Å². The van der Waals surface area contributed by atoms with E-state index in [2.05, 4.69) is 25.5 Å². The predicted molar refractivity (Wildman–Crippen MR) is 83.7 cm³/mol. The number of aryl methyl sites for hydroxylation is 2. The molecule has 2 N–H and O–H groups in total. The summed E-state index contributed by atoms with van der Waals surface area (Å²) in [7, 11) is 0. The van der Waals surface area contributed by atoms with Gasteiger partial charge in [-0.15, -0.1) is 5.10 Å². The van der Waals surface area contributed by atoms with Crippen molar-refractivity contribution in [3.63, 3.8) is 0 Å². The molecule has 1 aromatic carbocycles. The number of nitrogens with one attached hydrogen (secondary N) is 2. The zero-order chi connectivity index (χ0) is 16.2. The summed E-state index contributed by atoms with van der Waals surface area (Å²) in [5.74, 6) is 0.935. The Morgan fingerprint density at radius 1 is 1.35 bits per heavy atom. The highest BCUT2D eigenvalue weighted by molar-refractivity contribution is 6.30. The van der Waals surface area contributed by atoms with Crippen molar-refractivity contribution >= 4 is 29.1 Å². The zero-order valence-corrected chi connectivity index (χ0v) is 12.6. The first-order valence-electron chi connectivity index (χ1n) is 6.70. The number of hydrogen-bond donors (Lipinski definition) is 2. The molecule has 118 valence electrons. The fourth-order valence-electron chi connectivity index (χ4n) is 1.93. The molecule has 0 aliphatic rings. The Morgan fingerprint density at radius 2 is 2.13 bits per heavy atom. The van der Waals surface area contributed by atoms with Crippen LogP contribution in [0.5, 0.6) is 0 Å². The molecule has 0 radical (unpaired) electrons. The van der Waals surface area contributed by atoms with Gasteiger partial charge in [0.05, 0.1) is 0 Å². The number of aromatic amines is 1. The second-order valence-electron chi connectivity index (χ2n) is 4.71. The summed E-state index contributed by atoms with van der Waals surface area (Å²) in [6.45, 7) is 0.510. The number of anilines is 2. The van der Waals surface area contributed by atoms with Gasteiger partial charge in [0.2, 0.25) is 12.3 Å². The number of H-pyrrole nitrogens is 1. The summed E-state index contributed by atoms with van der Waals surface area (Å²) >= 11 is 5.82. The maximum absolute atomic E-state index is 10.6. The lowest BCUT2D eigenvalue weighted by Gasteiger charge is -2.00. The lowest BCUT2D eigenvalue weighted by atomic mass is 10.3. The summed E-state index contributed by atoms with van der Waals surface area (Å²) < 4.78 is 1.63. The quantitative estimate of drug-likeness (QED) is 0.529. The lowest BCUT2D eigenvalue weighted by molar-refractivity contribution is -0.389. The number of hydrogen-bond acceptors (Lipinski definition) is 6. The van der Waals surface area contributed by atoms with Gasteiger partial charge in [0.15, 0.2) is 0 Å². The average Bonchev–Trinajstić information content (AvgIpc) is 3.17. The van der Waals surface area contributed by atoms with Crippen LogP contribution in [0.4, 0.5) is 17.5 Å². The van der Waals surface area contributed by atoms with Crippen LogP contribution in [0.1, 0.15) is 5.82 Å². The molecule has 10 heteroatoms. The normalized spacial score (nSPS) is 10.7.